The topological polar surface area (TPSA) is 137 Å². The average Bonchev–Trinajstić information content (AvgIpc) is 3.43. The van der Waals surface area contributed by atoms with Gasteiger partial charge in [0.1, 0.15) is 16.8 Å². The molecule has 4 rings (SSSR count). The van der Waals surface area contributed by atoms with E-state index in [-0.39, 0.29) is 41.7 Å². The summed E-state index contributed by atoms with van der Waals surface area (Å²) in [6.45, 7) is 0.433. The molecule has 210 valence electrons. The van der Waals surface area contributed by atoms with Crippen molar-refractivity contribution in [3.8, 4) is 0 Å². The van der Waals surface area contributed by atoms with Crippen molar-refractivity contribution in [1.29, 1.82) is 0 Å². The Morgan fingerprint density at radius 3 is 2.38 bits per heavy atom. The number of hydrogen-bond acceptors (Lipinski definition) is 6. The average molecular weight is 565 g/mol. The van der Waals surface area contributed by atoms with E-state index in [2.05, 4.69) is 25.9 Å². The number of anilines is 2. The van der Waals surface area contributed by atoms with Gasteiger partial charge in [0, 0.05) is 37.3 Å². The number of nitrogens with zero attached hydrogens (tertiary/aromatic N) is 3. The summed E-state index contributed by atoms with van der Waals surface area (Å²) in [5.41, 5.74) is 2.75. The van der Waals surface area contributed by atoms with Crippen molar-refractivity contribution in [2.75, 3.05) is 23.8 Å². The van der Waals surface area contributed by atoms with Gasteiger partial charge < -0.3 is 26.0 Å². The number of amides is 3. The number of rotatable bonds is 11. The second-order valence-electron chi connectivity index (χ2n) is 9.88. The summed E-state index contributed by atoms with van der Waals surface area (Å²) in [5.74, 6) is -0.520. The number of urea groups is 1. The van der Waals surface area contributed by atoms with Gasteiger partial charge in [0.2, 0.25) is 5.91 Å². The third-order valence-corrected chi connectivity index (χ3v) is 6.95. The maximum Gasteiger partial charge on any atom is 0.319 e. The number of halogens is 1. The Balaban J connectivity index is 1.41. The zero-order valence-electron chi connectivity index (χ0n) is 22.3. The summed E-state index contributed by atoms with van der Waals surface area (Å²) in [4.78, 5) is 46.9. The fraction of sp³-hybridized carbons (Fsp3) is 0.345. The second kappa shape index (κ2) is 13.7. The van der Waals surface area contributed by atoms with Gasteiger partial charge in [-0.25, -0.2) is 14.8 Å². The first-order valence-corrected chi connectivity index (χ1v) is 13.6. The van der Waals surface area contributed by atoms with Crippen molar-refractivity contribution >= 4 is 41.0 Å². The lowest BCUT2D eigenvalue weighted by molar-refractivity contribution is -0.136. The van der Waals surface area contributed by atoms with Gasteiger partial charge in [-0.3, -0.25) is 9.59 Å². The predicted molar refractivity (Wildman–Crippen MR) is 154 cm³/mol. The number of carboxylic acids is 1. The van der Waals surface area contributed by atoms with Crippen LogP contribution >= 0.6 is 11.6 Å². The Morgan fingerprint density at radius 2 is 1.70 bits per heavy atom. The summed E-state index contributed by atoms with van der Waals surface area (Å²) in [6.07, 6.45) is 4.10. The van der Waals surface area contributed by atoms with E-state index in [9.17, 15) is 19.5 Å². The number of likely N-dealkylation sites (N-methyl/N-ethyl adjacent to an activating group) is 1. The van der Waals surface area contributed by atoms with Crippen molar-refractivity contribution in [2.45, 2.75) is 51.1 Å². The SMILES string of the molecule is CN(CC(=O)NC1CCCC1)c1nc(Cc2ccc(NC(=O)NCc3ccccc3)cc2)nc(Cl)c1CC(=O)O. The number of aromatic nitrogens is 2. The van der Waals surface area contributed by atoms with Gasteiger partial charge in [-0.15, -0.1) is 0 Å². The fourth-order valence-electron chi connectivity index (χ4n) is 4.66. The molecule has 0 radical (unpaired) electrons. The molecular formula is C29H33ClN6O4. The van der Waals surface area contributed by atoms with Gasteiger partial charge in [-0.05, 0) is 36.1 Å². The Labute approximate surface area is 238 Å². The van der Waals surface area contributed by atoms with Gasteiger partial charge >= 0.3 is 12.0 Å². The van der Waals surface area contributed by atoms with E-state index in [1.54, 1.807) is 24.1 Å². The molecule has 4 N–H and O–H groups in total. The van der Waals surface area contributed by atoms with Crippen LogP contribution in [0.1, 0.15) is 48.2 Å². The molecule has 0 atom stereocenters. The molecule has 10 nitrogen and oxygen atoms in total. The van der Waals surface area contributed by atoms with Crippen LogP contribution in [0.2, 0.25) is 5.15 Å². The second-order valence-corrected chi connectivity index (χ2v) is 10.2. The van der Waals surface area contributed by atoms with Crippen LogP contribution in [0, 0.1) is 0 Å². The van der Waals surface area contributed by atoms with Crippen molar-refractivity contribution in [1.82, 2.24) is 20.6 Å². The smallest absolute Gasteiger partial charge is 0.319 e. The molecule has 0 bridgehead atoms. The summed E-state index contributed by atoms with van der Waals surface area (Å²) in [6, 6.07) is 16.7. The minimum absolute atomic E-state index is 0.0165. The zero-order valence-corrected chi connectivity index (χ0v) is 23.1. The van der Waals surface area contributed by atoms with Gasteiger partial charge in [-0.1, -0.05) is 66.9 Å². The number of carbonyl (C=O) groups is 3. The van der Waals surface area contributed by atoms with Crippen LogP contribution in [0.15, 0.2) is 54.6 Å². The minimum atomic E-state index is -1.07. The molecule has 0 spiro atoms. The Bertz CT molecular complexity index is 1330. The quantitative estimate of drug-likeness (QED) is 0.257. The lowest BCUT2D eigenvalue weighted by Crippen LogP contribution is -2.40. The molecule has 1 aromatic heterocycles. The van der Waals surface area contributed by atoms with Crippen LogP contribution in [-0.2, 0) is 29.0 Å². The lowest BCUT2D eigenvalue weighted by Gasteiger charge is -2.22. The highest BCUT2D eigenvalue weighted by Gasteiger charge is 2.22. The standard InChI is InChI=1S/C29H33ClN6O4/c1-36(18-25(37)32-21-9-5-6-10-21)28-23(16-26(38)39)27(30)34-24(35-28)15-19-11-13-22(14-12-19)33-29(40)31-17-20-7-3-2-4-8-20/h2-4,7-8,11-14,21H,5-6,9-10,15-18H2,1H3,(H,32,37)(H,38,39)(H2,31,33,40). The van der Waals surface area contributed by atoms with Crippen LogP contribution < -0.4 is 20.9 Å². The van der Waals surface area contributed by atoms with Crippen LogP contribution in [0.25, 0.3) is 0 Å². The first-order chi connectivity index (χ1) is 19.3. The molecule has 1 saturated carbocycles. The van der Waals surface area contributed by atoms with Crippen LogP contribution in [0.3, 0.4) is 0 Å². The first kappa shape index (κ1) is 28.8. The molecule has 1 fully saturated rings. The van der Waals surface area contributed by atoms with E-state index >= 15 is 0 Å². The summed E-state index contributed by atoms with van der Waals surface area (Å²) in [7, 11) is 1.69. The maximum absolute atomic E-state index is 12.6. The number of carboxylic acid groups (broad SMARTS) is 1. The van der Waals surface area contributed by atoms with Crippen molar-refractivity contribution in [3.63, 3.8) is 0 Å². The third kappa shape index (κ3) is 8.41. The number of nitrogens with one attached hydrogen (secondary N) is 3. The van der Waals surface area contributed by atoms with Gasteiger partial charge in [-0.2, -0.15) is 0 Å². The largest absolute Gasteiger partial charge is 0.481 e. The summed E-state index contributed by atoms with van der Waals surface area (Å²) < 4.78 is 0. The third-order valence-electron chi connectivity index (χ3n) is 6.64. The fourth-order valence-corrected chi connectivity index (χ4v) is 4.91. The molecule has 1 aliphatic rings. The van der Waals surface area contributed by atoms with E-state index in [4.69, 9.17) is 11.6 Å². The highest BCUT2D eigenvalue weighted by Crippen LogP contribution is 2.26. The van der Waals surface area contributed by atoms with Gasteiger partial charge in [0.15, 0.2) is 0 Å². The monoisotopic (exact) mass is 564 g/mol. The van der Waals surface area contributed by atoms with Crippen molar-refractivity contribution < 1.29 is 19.5 Å². The Hall–Kier alpha value is -4.18. The number of aliphatic carboxylic acids is 1. The zero-order chi connectivity index (χ0) is 28.5. The molecule has 3 amide bonds. The molecule has 0 unspecified atom stereocenters. The summed E-state index contributed by atoms with van der Waals surface area (Å²) in [5, 5.41) is 18.1. The van der Waals surface area contributed by atoms with E-state index in [0.29, 0.717) is 30.3 Å². The van der Waals surface area contributed by atoms with Crippen LogP contribution in [0.5, 0.6) is 0 Å². The highest BCUT2D eigenvalue weighted by atomic mass is 35.5. The van der Waals surface area contributed by atoms with Crippen LogP contribution in [0.4, 0.5) is 16.3 Å². The Morgan fingerprint density at radius 1 is 1.00 bits per heavy atom. The molecule has 0 aliphatic heterocycles. The van der Waals surface area contributed by atoms with E-state index < -0.39 is 5.97 Å². The molecule has 2 aromatic carbocycles. The van der Waals surface area contributed by atoms with E-state index in [1.165, 1.54) is 0 Å². The van der Waals surface area contributed by atoms with Crippen molar-refractivity contribution in [3.05, 3.63) is 82.3 Å². The Kier molecular flexibility index (Phi) is 9.91. The first-order valence-electron chi connectivity index (χ1n) is 13.2. The maximum atomic E-state index is 12.6. The molecule has 3 aromatic rings. The highest BCUT2D eigenvalue weighted by molar-refractivity contribution is 6.30. The minimum Gasteiger partial charge on any atom is -0.481 e. The van der Waals surface area contributed by atoms with Crippen molar-refractivity contribution in [2.24, 2.45) is 0 Å². The van der Waals surface area contributed by atoms with Gasteiger partial charge in [0.05, 0.1) is 13.0 Å². The summed E-state index contributed by atoms with van der Waals surface area (Å²) >= 11 is 6.42. The lowest BCUT2D eigenvalue weighted by atomic mass is 10.1. The predicted octanol–water partition coefficient (Wildman–Crippen LogP) is 4.16. The molecule has 1 heterocycles. The molecule has 1 aliphatic carbocycles. The number of benzene rings is 2. The van der Waals surface area contributed by atoms with E-state index in [1.807, 2.05) is 42.5 Å². The van der Waals surface area contributed by atoms with E-state index in [0.717, 1.165) is 36.8 Å². The van der Waals surface area contributed by atoms with Gasteiger partial charge in [0.25, 0.3) is 0 Å². The van der Waals surface area contributed by atoms with Crippen LogP contribution in [-0.4, -0.2) is 52.6 Å². The number of carbonyl (C=O) groups excluding carboxylic acids is 2. The molecule has 0 saturated heterocycles. The molecular weight excluding hydrogens is 532 g/mol. The normalized spacial score (nSPS) is 13.1. The molecule has 11 heteroatoms. The molecule has 40 heavy (non-hydrogen) atoms. The number of hydrogen-bond donors (Lipinski definition) is 4.